The molecule has 1 unspecified atom stereocenters. The third-order valence-corrected chi connectivity index (χ3v) is 3.73. The summed E-state index contributed by atoms with van der Waals surface area (Å²) in [7, 11) is 0. The van der Waals surface area contributed by atoms with Gasteiger partial charge < -0.3 is 20.7 Å². The van der Waals surface area contributed by atoms with E-state index in [2.05, 4.69) is 19.2 Å². The minimum Gasteiger partial charge on any atom is -0.377 e. The lowest BCUT2D eigenvalue weighted by molar-refractivity contribution is -0.141. The van der Waals surface area contributed by atoms with Gasteiger partial charge in [-0.1, -0.05) is 27.7 Å². The fraction of sp³-hybridized carbons (Fsp3) is 0.867. The third-order valence-electron chi connectivity index (χ3n) is 3.73. The molecule has 1 fully saturated rings. The number of morpholine rings is 1. The molecule has 1 aliphatic heterocycles. The van der Waals surface area contributed by atoms with Crippen molar-refractivity contribution in [2.24, 2.45) is 17.6 Å². The Morgan fingerprint density at radius 3 is 2.50 bits per heavy atom. The van der Waals surface area contributed by atoms with Crippen LogP contribution in [0.25, 0.3) is 0 Å². The second-order valence-electron chi connectivity index (χ2n) is 6.43. The minimum absolute atomic E-state index is 0. The van der Waals surface area contributed by atoms with Gasteiger partial charge in [-0.05, 0) is 18.3 Å². The second kappa shape index (κ2) is 10.0. The fourth-order valence-corrected chi connectivity index (χ4v) is 2.41. The number of carbonyl (C=O) groups excluding carboxylic acids is 2. The van der Waals surface area contributed by atoms with Gasteiger partial charge in [-0.2, -0.15) is 0 Å². The fourth-order valence-electron chi connectivity index (χ4n) is 2.41. The second-order valence-corrected chi connectivity index (χ2v) is 6.43. The molecular weight excluding hydrogens is 306 g/mol. The number of halogens is 1. The SMILES string of the molecule is CC(C)CC1COCCN1C(=O)CNC(=O)[C@@H](N)C(C)C.Cl. The van der Waals surface area contributed by atoms with Gasteiger partial charge in [0.25, 0.3) is 0 Å². The molecule has 130 valence electrons. The van der Waals surface area contributed by atoms with Gasteiger partial charge in [0.2, 0.25) is 11.8 Å². The molecule has 1 heterocycles. The highest BCUT2D eigenvalue weighted by Gasteiger charge is 2.28. The van der Waals surface area contributed by atoms with Gasteiger partial charge in [-0.3, -0.25) is 9.59 Å². The van der Waals surface area contributed by atoms with Crippen molar-refractivity contribution in [3.63, 3.8) is 0 Å². The van der Waals surface area contributed by atoms with E-state index in [1.54, 1.807) is 0 Å². The molecule has 2 amide bonds. The monoisotopic (exact) mass is 335 g/mol. The molecule has 0 saturated carbocycles. The maximum atomic E-state index is 12.3. The van der Waals surface area contributed by atoms with E-state index in [0.717, 1.165) is 6.42 Å². The number of hydrogen-bond donors (Lipinski definition) is 2. The van der Waals surface area contributed by atoms with Crippen molar-refractivity contribution in [3.05, 3.63) is 0 Å². The summed E-state index contributed by atoms with van der Waals surface area (Å²) < 4.78 is 5.46. The molecule has 0 radical (unpaired) electrons. The van der Waals surface area contributed by atoms with E-state index in [-0.39, 0.29) is 42.7 Å². The smallest absolute Gasteiger partial charge is 0.242 e. The summed E-state index contributed by atoms with van der Waals surface area (Å²) in [4.78, 5) is 25.9. The molecule has 6 nitrogen and oxygen atoms in total. The van der Waals surface area contributed by atoms with Crippen molar-refractivity contribution in [1.82, 2.24) is 10.2 Å². The minimum atomic E-state index is -0.575. The van der Waals surface area contributed by atoms with Crippen LogP contribution >= 0.6 is 12.4 Å². The van der Waals surface area contributed by atoms with Crippen LogP contribution in [0, 0.1) is 11.8 Å². The van der Waals surface area contributed by atoms with Crippen LogP contribution in [0.5, 0.6) is 0 Å². The predicted molar refractivity (Wildman–Crippen MR) is 88.8 cm³/mol. The molecule has 3 N–H and O–H groups in total. The molecule has 0 aromatic carbocycles. The van der Waals surface area contributed by atoms with Crippen LogP contribution in [0.15, 0.2) is 0 Å². The summed E-state index contributed by atoms with van der Waals surface area (Å²) in [6.45, 7) is 9.74. The normalized spacial score (nSPS) is 19.8. The van der Waals surface area contributed by atoms with Crippen molar-refractivity contribution < 1.29 is 14.3 Å². The topological polar surface area (TPSA) is 84.7 Å². The first-order chi connectivity index (χ1) is 9.82. The molecule has 0 bridgehead atoms. The van der Waals surface area contributed by atoms with Crippen molar-refractivity contribution in [2.75, 3.05) is 26.3 Å². The Morgan fingerprint density at radius 1 is 1.32 bits per heavy atom. The molecule has 0 aromatic rings. The molecule has 7 heteroatoms. The van der Waals surface area contributed by atoms with Gasteiger partial charge in [-0.15, -0.1) is 12.4 Å². The number of nitrogens with one attached hydrogen (secondary N) is 1. The zero-order chi connectivity index (χ0) is 16.0. The van der Waals surface area contributed by atoms with Gasteiger partial charge in [0.15, 0.2) is 0 Å². The summed E-state index contributed by atoms with van der Waals surface area (Å²) in [5.41, 5.74) is 5.76. The van der Waals surface area contributed by atoms with E-state index < -0.39 is 6.04 Å². The molecule has 0 aromatic heterocycles. The standard InChI is InChI=1S/C15H29N3O3.ClH/c1-10(2)7-12-9-21-6-5-18(12)13(19)8-17-15(20)14(16)11(3)4;/h10-12,14H,5-9,16H2,1-4H3,(H,17,20);1H/t12?,14-;/m0./s1. The third kappa shape index (κ3) is 6.50. The van der Waals surface area contributed by atoms with Crippen LogP contribution in [0.4, 0.5) is 0 Å². The number of nitrogens with two attached hydrogens (primary N) is 1. The average molecular weight is 336 g/mol. The lowest BCUT2D eigenvalue weighted by Crippen LogP contribution is -2.53. The van der Waals surface area contributed by atoms with Gasteiger partial charge in [-0.25, -0.2) is 0 Å². The number of amides is 2. The highest BCUT2D eigenvalue weighted by molar-refractivity contribution is 5.87. The summed E-state index contributed by atoms with van der Waals surface area (Å²) in [5, 5.41) is 2.64. The van der Waals surface area contributed by atoms with E-state index in [4.69, 9.17) is 10.5 Å². The van der Waals surface area contributed by atoms with Crippen LogP contribution in [-0.2, 0) is 14.3 Å². The molecular formula is C15H30ClN3O3. The largest absolute Gasteiger partial charge is 0.377 e. The summed E-state index contributed by atoms with van der Waals surface area (Å²) in [6, 6.07) is -0.476. The molecule has 1 saturated heterocycles. The Bertz CT molecular complexity index is 364. The van der Waals surface area contributed by atoms with Crippen LogP contribution in [0.2, 0.25) is 0 Å². The summed E-state index contributed by atoms with van der Waals surface area (Å²) in [6.07, 6.45) is 0.908. The molecule has 0 spiro atoms. The van der Waals surface area contributed by atoms with E-state index in [1.165, 1.54) is 0 Å². The number of hydrogen-bond acceptors (Lipinski definition) is 4. The Labute approximate surface area is 139 Å². The van der Waals surface area contributed by atoms with Gasteiger partial charge >= 0.3 is 0 Å². The maximum absolute atomic E-state index is 12.3. The quantitative estimate of drug-likeness (QED) is 0.751. The highest BCUT2D eigenvalue weighted by Crippen LogP contribution is 2.15. The average Bonchev–Trinajstić information content (AvgIpc) is 2.43. The van der Waals surface area contributed by atoms with E-state index in [0.29, 0.717) is 25.7 Å². The summed E-state index contributed by atoms with van der Waals surface area (Å²) >= 11 is 0. The number of carbonyl (C=O) groups is 2. The molecule has 1 rings (SSSR count). The zero-order valence-electron chi connectivity index (χ0n) is 14.0. The van der Waals surface area contributed by atoms with Crippen LogP contribution in [0.3, 0.4) is 0 Å². The highest BCUT2D eigenvalue weighted by atomic mass is 35.5. The van der Waals surface area contributed by atoms with E-state index in [9.17, 15) is 9.59 Å². The first-order valence-corrected chi connectivity index (χ1v) is 7.73. The number of ether oxygens (including phenoxy) is 1. The van der Waals surface area contributed by atoms with Crippen LogP contribution in [0.1, 0.15) is 34.1 Å². The van der Waals surface area contributed by atoms with Crippen molar-refractivity contribution in [3.8, 4) is 0 Å². The first kappa shape index (κ1) is 21.1. The maximum Gasteiger partial charge on any atom is 0.242 e. The van der Waals surface area contributed by atoms with Gasteiger partial charge in [0.1, 0.15) is 0 Å². The molecule has 22 heavy (non-hydrogen) atoms. The Balaban J connectivity index is 0.00000441. The Kier molecular flexibility index (Phi) is 9.64. The lowest BCUT2D eigenvalue weighted by atomic mass is 10.0. The van der Waals surface area contributed by atoms with Gasteiger partial charge in [0.05, 0.1) is 31.8 Å². The van der Waals surface area contributed by atoms with Crippen LogP contribution < -0.4 is 11.1 Å². The Morgan fingerprint density at radius 2 is 1.95 bits per heavy atom. The van der Waals surface area contributed by atoms with Crippen LogP contribution in [-0.4, -0.2) is 55.1 Å². The Hall–Kier alpha value is -0.850. The molecule has 0 aliphatic carbocycles. The first-order valence-electron chi connectivity index (χ1n) is 7.73. The van der Waals surface area contributed by atoms with Crippen molar-refractivity contribution in [2.45, 2.75) is 46.2 Å². The van der Waals surface area contributed by atoms with E-state index >= 15 is 0 Å². The predicted octanol–water partition coefficient (Wildman–Crippen LogP) is 0.781. The lowest BCUT2D eigenvalue weighted by Gasteiger charge is -2.36. The summed E-state index contributed by atoms with van der Waals surface area (Å²) in [5.74, 6) is 0.216. The van der Waals surface area contributed by atoms with Crippen molar-refractivity contribution in [1.29, 1.82) is 0 Å². The van der Waals surface area contributed by atoms with Crippen molar-refractivity contribution >= 4 is 24.2 Å². The number of rotatable bonds is 6. The number of nitrogens with zero attached hydrogens (tertiary/aromatic N) is 1. The van der Waals surface area contributed by atoms with E-state index in [1.807, 2.05) is 18.7 Å². The molecule has 2 atom stereocenters. The molecule has 1 aliphatic rings. The van der Waals surface area contributed by atoms with Gasteiger partial charge in [0, 0.05) is 6.54 Å². The zero-order valence-corrected chi connectivity index (χ0v) is 14.8.